The lowest BCUT2D eigenvalue weighted by molar-refractivity contribution is 0.533. The van der Waals surface area contributed by atoms with Crippen molar-refractivity contribution in [2.45, 2.75) is 53.0 Å². The summed E-state index contributed by atoms with van der Waals surface area (Å²) in [4.78, 5) is 12.3. The Hall–Kier alpha value is -1.77. The highest BCUT2D eigenvalue weighted by molar-refractivity contribution is 5.66. The molecule has 0 radical (unpaired) electrons. The highest BCUT2D eigenvalue weighted by atomic mass is 16.1. The van der Waals surface area contributed by atoms with Crippen molar-refractivity contribution in [1.29, 1.82) is 0 Å². The molecule has 1 aromatic carbocycles. The van der Waals surface area contributed by atoms with Crippen LogP contribution in [-0.2, 0) is 6.54 Å². The SMILES string of the molecule is CCCCn1[nH]c(=O)c(-c2ccc(C)cc2)c1C(C)C. The zero-order valence-electron chi connectivity index (χ0n) is 12.9. The van der Waals surface area contributed by atoms with Crippen molar-refractivity contribution in [3.05, 3.63) is 45.9 Å². The predicted molar refractivity (Wildman–Crippen MR) is 84.2 cm³/mol. The fraction of sp³-hybridized carbons (Fsp3) is 0.471. The second-order valence-corrected chi connectivity index (χ2v) is 5.73. The van der Waals surface area contributed by atoms with Crippen LogP contribution in [0.15, 0.2) is 29.1 Å². The number of H-pyrrole nitrogens is 1. The van der Waals surface area contributed by atoms with E-state index in [-0.39, 0.29) is 5.56 Å². The number of aromatic nitrogens is 2. The predicted octanol–water partition coefficient (Wildman–Crippen LogP) is 4.08. The maximum Gasteiger partial charge on any atom is 0.272 e. The first-order valence-electron chi connectivity index (χ1n) is 7.44. The third-order valence-corrected chi connectivity index (χ3v) is 3.63. The summed E-state index contributed by atoms with van der Waals surface area (Å²) in [6, 6.07) is 8.19. The average Bonchev–Trinajstić information content (AvgIpc) is 2.74. The van der Waals surface area contributed by atoms with Gasteiger partial charge in [-0.1, -0.05) is 57.0 Å². The smallest absolute Gasteiger partial charge is 0.272 e. The lowest BCUT2D eigenvalue weighted by atomic mass is 9.99. The number of benzene rings is 1. The van der Waals surface area contributed by atoms with Gasteiger partial charge in [-0.3, -0.25) is 14.6 Å². The molecule has 0 amide bonds. The van der Waals surface area contributed by atoms with E-state index in [0.717, 1.165) is 36.2 Å². The minimum absolute atomic E-state index is 0.0219. The van der Waals surface area contributed by atoms with E-state index in [1.54, 1.807) is 0 Å². The second kappa shape index (κ2) is 6.12. The summed E-state index contributed by atoms with van der Waals surface area (Å²) < 4.78 is 2.03. The third-order valence-electron chi connectivity index (χ3n) is 3.63. The van der Waals surface area contributed by atoms with Crippen molar-refractivity contribution in [2.24, 2.45) is 0 Å². The van der Waals surface area contributed by atoms with Crippen LogP contribution in [0.1, 0.15) is 50.8 Å². The molecular formula is C17H24N2O. The van der Waals surface area contributed by atoms with Crippen molar-refractivity contribution in [1.82, 2.24) is 9.78 Å². The van der Waals surface area contributed by atoms with E-state index in [2.05, 4.69) is 44.9 Å². The number of nitrogens with zero attached hydrogens (tertiary/aromatic N) is 1. The minimum Gasteiger partial charge on any atom is -0.288 e. The maximum absolute atomic E-state index is 12.3. The Morgan fingerprint density at radius 2 is 1.85 bits per heavy atom. The Balaban J connectivity index is 2.54. The highest BCUT2D eigenvalue weighted by Crippen LogP contribution is 2.26. The topological polar surface area (TPSA) is 37.8 Å². The van der Waals surface area contributed by atoms with Gasteiger partial charge < -0.3 is 0 Å². The van der Waals surface area contributed by atoms with E-state index in [0.29, 0.717) is 5.92 Å². The standard InChI is InChI=1S/C17H24N2O/c1-5-6-11-19-16(12(2)3)15(17(20)18-19)14-9-7-13(4)8-10-14/h7-10,12H,5-6,11H2,1-4H3,(H,18,20). The summed E-state index contributed by atoms with van der Waals surface area (Å²) in [7, 11) is 0. The van der Waals surface area contributed by atoms with Gasteiger partial charge in [-0.15, -0.1) is 0 Å². The molecule has 20 heavy (non-hydrogen) atoms. The van der Waals surface area contributed by atoms with E-state index in [4.69, 9.17) is 0 Å². The van der Waals surface area contributed by atoms with Crippen LogP contribution in [0.5, 0.6) is 0 Å². The number of hydrogen-bond acceptors (Lipinski definition) is 1. The van der Waals surface area contributed by atoms with Gasteiger partial charge in [0.2, 0.25) is 0 Å². The van der Waals surface area contributed by atoms with Crippen LogP contribution in [0.3, 0.4) is 0 Å². The molecule has 0 unspecified atom stereocenters. The molecule has 108 valence electrons. The van der Waals surface area contributed by atoms with Crippen molar-refractivity contribution in [3.8, 4) is 11.1 Å². The molecule has 0 aliphatic carbocycles. The normalized spacial score (nSPS) is 11.2. The van der Waals surface area contributed by atoms with E-state index in [9.17, 15) is 4.79 Å². The van der Waals surface area contributed by atoms with Gasteiger partial charge in [0.1, 0.15) is 0 Å². The molecule has 0 spiro atoms. The Kier molecular flexibility index (Phi) is 4.48. The zero-order valence-corrected chi connectivity index (χ0v) is 12.9. The Morgan fingerprint density at radius 3 is 2.40 bits per heavy atom. The van der Waals surface area contributed by atoms with Crippen molar-refractivity contribution in [2.75, 3.05) is 0 Å². The highest BCUT2D eigenvalue weighted by Gasteiger charge is 2.18. The van der Waals surface area contributed by atoms with Crippen molar-refractivity contribution in [3.63, 3.8) is 0 Å². The van der Waals surface area contributed by atoms with Crippen LogP contribution >= 0.6 is 0 Å². The monoisotopic (exact) mass is 272 g/mol. The molecule has 0 atom stereocenters. The number of hydrogen-bond donors (Lipinski definition) is 1. The van der Waals surface area contributed by atoms with Crippen LogP contribution in [0.4, 0.5) is 0 Å². The number of unbranched alkanes of at least 4 members (excludes halogenated alkanes) is 1. The number of aryl methyl sites for hydroxylation is 2. The van der Waals surface area contributed by atoms with Gasteiger partial charge in [-0.25, -0.2) is 0 Å². The molecule has 1 N–H and O–H groups in total. The summed E-state index contributed by atoms with van der Waals surface area (Å²) in [6.45, 7) is 9.39. The minimum atomic E-state index is 0.0219. The zero-order chi connectivity index (χ0) is 14.7. The average molecular weight is 272 g/mol. The van der Waals surface area contributed by atoms with Gasteiger partial charge in [-0.05, 0) is 24.8 Å². The van der Waals surface area contributed by atoms with Crippen molar-refractivity contribution < 1.29 is 0 Å². The van der Waals surface area contributed by atoms with E-state index in [1.165, 1.54) is 5.56 Å². The van der Waals surface area contributed by atoms with Crippen molar-refractivity contribution >= 4 is 0 Å². The van der Waals surface area contributed by atoms with Gasteiger partial charge in [-0.2, -0.15) is 0 Å². The van der Waals surface area contributed by atoms with E-state index >= 15 is 0 Å². The van der Waals surface area contributed by atoms with Crippen LogP contribution in [0, 0.1) is 6.92 Å². The van der Waals surface area contributed by atoms with E-state index in [1.807, 2.05) is 16.8 Å². The molecule has 2 rings (SSSR count). The molecule has 1 aromatic heterocycles. The van der Waals surface area contributed by atoms with Crippen LogP contribution in [-0.4, -0.2) is 9.78 Å². The number of nitrogens with one attached hydrogen (secondary N) is 1. The quantitative estimate of drug-likeness (QED) is 0.875. The van der Waals surface area contributed by atoms with Crippen LogP contribution in [0.2, 0.25) is 0 Å². The summed E-state index contributed by atoms with van der Waals surface area (Å²) in [6.07, 6.45) is 2.20. The fourth-order valence-corrected chi connectivity index (χ4v) is 2.58. The summed E-state index contributed by atoms with van der Waals surface area (Å²) in [5.41, 5.74) is 4.19. The lowest BCUT2D eigenvalue weighted by Crippen LogP contribution is -2.08. The molecular weight excluding hydrogens is 248 g/mol. The molecule has 0 aliphatic heterocycles. The van der Waals surface area contributed by atoms with E-state index < -0.39 is 0 Å². The summed E-state index contributed by atoms with van der Waals surface area (Å²) >= 11 is 0. The summed E-state index contributed by atoms with van der Waals surface area (Å²) in [5.74, 6) is 0.321. The molecule has 0 aliphatic rings. The van der Waals surface area contributed by atoms with Gasteiger partial charge in [0.15, 0.2) is 0 Å². The molecule has 2 aromatic rings. The molecule has 0 fully saturated rings. The second-order valence-electron chi connectivity index (χ2n) is 5.73. The molecule has 3 heteroatoms. The van der Waals surface area contributed by atoms with Crippen LogP contribution < -0.4 is 5.56 Å². The molecule has 0 saturated heterocycles. The third kappa shape index (κ3) is 2.87. The molecule has 1 heterocycles. The molecule has 0 bridgehead atoms. The maximum atomic E-state index is 12.3. The Labute approximate surface area is 120 Å². The van der Waals surface area contributed by atoms with Gasteiger partial charge in [0, 0.05) is 6.54 Å². The Morgan fingerprint density at radius 1 is 1.20 bits per heavy atom. The number of aromatic amines is 1. The first-order valence-corrected chi connectivity index (χ1v) is 7.44. The van der Waals surface area contributed by atoms with Gasteiger partial charge in [0.25, 0.3) is 5.56 Å². The van der Waals surface area contributed by atoms with Gasteiger partial charge in [0.05, 0.1) is 11.3 Å². The lowest BCUT2D eigenvalue weighted by Gasteiger charge is -2.13. The molecule has 0 saturated carbocycles. The Bertz CT molecular complexity index is 617. The largest absolute Gasteiger partial charge is 0.288 e. The van der Waals surface area contributed by atoms with Crippen LogP contribution in [0.25, 0.3) is 11.1 Å². The fourth-order valence-electron chi connectivity index (χ4n) is 2.58. The first kappa shape index (κ1) is 14.6. The molecule has 3 nitrogen and oxygen atoms in total. The number of rotatable bonds is 5. The van der Waals surface area contributed by atoms with Gasteiger partial charge >= 0.3 is 0 Å². The summed E-state index contributed by atoms with van der Waals surface area (Å²) in [5, 5.41) is 3.00. The first-order chi connectivity index (χ1) is 9.54.